The van der Waals surface area contributed by atoms with Gasteiger partial charge >= 0.3 is 0 Å². The van der Waals surface area contributed by atoms with Gasteiger partial charge in [0.2, 0.25) is 0 Å². The van der Waals surface area contributed by atoms with Crippen molar-refractivity contribution in [3.63, 3.8) is 0 Å². The Morgan fingerprint density at radius 3 is 2.44 bits per heavy atom. The lowest BCUT2D eigenvalue weighted by Crippen LogP contribution is -2.44. The van der Waals surface area contributed by atoms with Crippen LogP contribution in [-0.4, -0.2) is 26.3 Å². The van der Waals surface area contributed by atoms with Crippen LogP contribution in [0.15, 0.2) is 53.4 Å². The van der Waals surface area contributed by atoms with Gasteiger partial charge in [-0.05, 0) is 60.3 Å². The summed E-state index contributed by atoms with van der Waals surface area (Å²) in [6.45, 7) is 0. The third-order valence-electron chi connectivity index (χ3n) is 3.30. The van der Waals surface area contributed by atoms with E-state index in [9.17, 15) is 14.7 Å². The highest BCUT2D eigenvalue weighted by Gasteiger charge is 2.33. The van der Waals surface area contributed by atoms with Crippen LogP contribution in [0.4, 0.5) is 0 Å². The molecule has 2 amide bonds. The zero-order chi connectivity index (χ0) is 18.0. The molecular weight excluding hydrogens is 380 g/mol. The van der Waals surface area contributed by atoms with Crippen LogP contribution < -0.4 is 5.43 Å². The van der Waals surface area contributed by atoms with Gasteiger partial charge in [-0.25, -0.2) is 0 Å². The summed E-state index contributed by atoms with van der Waals surface area (Å²) in [6, 6.07) is 12.7. The molecule has 8 heteroatoms. The van der Waals surface area contributed by atoms with Crippen molar-refractivity contribution in [1.29, 1.82) is 0 Å². The van der Waals surface area contributed by atoms with Gasteiger partial charge in [0.15, 0.2) is 4.32 Å². The number of benzene rings is 2. The average molecular weight is 391 g/mol. The molecule has 126 valence electrons. The molecule has 0 spiro atoms. The SMILES string of the molecule is O=C(NN1C(=O)/C(=C\c2ccc(O)cc2)SC1=S)c1ccc(Cl)cc1. The average Bonchev–Trinajstić information content (AvgIpc) is 2.85. The first-order chi connectivity index (χ1) is 11.9. The van der Waals surface area contributed by atoms with E-state index in [1.807, 2.05) is 0 Å². The fraction of sp³-hybridized carbons (Fsp3) is 0. The van der Waals surface area contributed by atoms with Crippen molar-refractivity contribution >= 4 is 57.8 Å². The van der Waals surface area contributed by atoms with Crippen molar-refractivity contribution in [2.45, 2.75) is 0 Å². The topological polar surface area (TPSA) is 69.6 Å². The van der Waals surface area contributed by atoms with E-state index in [-0.39, 0.29) is 10.1 Å². The van der Waals surface area contributed by atoms with Crippen LogP contribution in [0.2, 0.25) is 5.02 Å². The maximum absolute atomic E-state index is 12.5. The molecule has 0 bridgehead atoms. The number of phenolic OH excluding ortho intramolecular Hbond substituents is 1. The summed E-state index contributed by atoms with van der Waals surface area (Å²) in [5.41, 5.74) is 3.60. The Balaban J connectivity index is 1.76. The van der Waals surface area contributed by atoms with Crippen LogP contribution >= 0.6 is 35.6 Å². The van der Waals surface area contributed by atoms with Gasteiger partial charge in [0.05, 0.1) is 4.91 Å². The first-order valence-electron chi connectivity index (χ1n) is 7.07. The van der Waals surface area contributed by atoms with E-state index < -0.39 is 11.8 Å². The third-order valence-corrected chi connectivity index (χ3v) is 4.86. The van der Waals surface area contributed by atoms with Gasteiger partial charge in [-0.3, -0.25) is 15.0 Å². The molecule has 5 nitrogen and oxygen atoms in total. The molecule has 1 fully saturated rings. The van der Waals surface area contributed by atoms with E-state index in [4.69, 9.17) is 23.8 Å². The van der Waals surface area contributed by atoms with E-state index in [1.165, 1.54) is 12.1 Å². The minimum atomic E-state index is -0.459. The molecule has 25 heavy (non-hydrogen) atoms. The number of thioether (sulfide) groups is 1. The fourth-order valence-corrected chi connectivity index (χ4v) is 3.36. The first kappa shape index (κ1) is 17.5. The molecule has 2 aromatic carbocycles. The number of carbonyl (C=O) groups is 2. The molecule has 1 aliphatic rings. The van der Waals surface area contributed by atoms with Crippen LogP contribution in [0.3, 0.4) is 0 Å². The van der Waals surface area contributed by atoms with E-state index in [2.05, 4.69) is 5.43 Å². The summed E-state index contributed by atoms with van der Waals surface area (Å²) >= 11 is 12.1. The normalized spacial score (nSPS) is 15.7. The molecule has 2 N–H and O–H groups in total. The number of amides is 2. The number of nitrogens with zero attached hydrogens (tertiary/aromatic N) is 1. The number of thiocarbonyl (C=S) groups is 1. The summed E-state index contributed by atoms with van der Waals surface area (Å²) in [4.78, 5) is 25.1. The van der Waals surface area contributed by atoms with Gasteiger partial charge < -0.3 is 5.11 Å². The lowest BCUT2D eigenvalue weighted by molar-refractivity contribution is -0.123. The minimum Gasteiger partial charge on any atom is -0.508 e. The van der Waals surface area contributed by atoms with Crippen LogP contribution in [-0.2, 0) is 4.79 Å². The summed E-state index contributed by atoms with van der Waals surface area (Å²) in [5, 5.41) is 10.9. The Bertz CT molecular complexity index is 880. The number of hydrogen-bond donors (Lipinski definition) is 2. The Hall–Kier alpha value is -2.35. The maximum atomic E-state index is 12.5. The molecule has 0 radical (unpaired) electrons. The molecule has 2 aromatic rings. The summed E-state index contributed by atoms with van der Waals surface area (Å²) in [6.07, 6.45) is 1.65. The van der Waals surface area contributed by atoms with Gasteiger partial charge in [-0.2, -0.15) is 5.01 Å². The number of hydrogen-bond acceptors (Lipinski definition) is 5. The summed E-state index contributed by atoms with van der Waals surface area (Å²) in [5.74, 6) is -0.732. The second kappa shape index (κ2) is 7.26. The number of halogens is 1. The van der Waals surface area contributed by atoms with Gasteiger partial charge in [0.1, 0.15) is 5.75 Å². The van der Waals surface area contributed by atoms with Crippen molar-refractivity contribution < 1.29 is 14.7 Å². The van der Waals surface area contributed by atoms with Crippen molar-refractivity contribution in [3.05, 3.63) is 69.6 Å². The number of nitrogens with one attached hydrogen (secondary N) is 1. The third kappa shape index (κ3) is 4.01. The molecule has 0 atom stereocenters. The predicted octanol–water partition coefficient (Wildman–Crippen LogP) is 3.59. The van der Waals surface area contributed by atoms with Crippen LogP contribution in [0.1, 0.15) is 15.9 Å². The Morgan fingerprint density at radius 1 is 1.16 bits per heavy atom. The second-order valence-electron chi connectivity index (χ2n) is 5.06. The highest BCUT2D eigenvalue weighted by Crippen LogP contribution is 2.31. The number of rotatable bonds is 3. The number of hydrazine groups is 1. The standard InChI is InChI=1S/C17H11ClN2O3S2/c18-12-5-3-11(4-6-12)15(22)19-20-16(23)14(25-17(20)24)9-10-1-7-13(21)8-2-10/h1-9,21H,(H,19,22)/b14-9+. The molecule has 1 aliphatic heterocycles. The highest BCUT2D eigenvalue weighted by atomic mass is 35.5. The highest BCUT2D eigenvalue weighted by molar-refractivity contribution is 8.26. The first-order valence-corrected chi connectivity index (χ1v) is 8.68. The quantitative estimate of drug-likeness (QED) is 0.619. The van der Waals surface area contributed by atoms with Crippen molar-refractivity contribution in [3.8, 4) is 5.75 Å². The number of carbonyl (C=O) groups excluding carboxylic acids is 2. The molecular formula is C17H11ClN2O3S2. The maximum Gasteiger partial charge on any atom is 0.285 e. The van der Waals surface area contributed by atoms with Crippen LogP contribution in [0.5, 0.6) is 5.75 Å². The van der Waals surface area contributed by atoms with E-state index in [1.54, 1.807) is 42.5 Å². The Labute approximate surface area is 158 Å². The molecule has 0 aromatic heterocycles. The zero-order valence-electron chi connectivity index (χ0n) is 12.6. The molecule has 0 saturated carbocycles. The fourth-order valence-electron chi connectivity index (χ4n) is 2.05. The van der Waals surface area contributed by atoms with E-state index >= 15 is 0 Å². The van der Waals surface area contributed by atoms with E-state index in [0.29, 0.717) is 15.5 Å². The minimum absolute atomic E-state index is 0.139. The number of aromatic hydroxyl groups is 1. The largest absolute Gasteiger partial charge is 0.508 e. The molecule has 0 unspecified atom stereocenters. The van der Waals surface area contributed by atoms with Gasteiger partial charge in [0.25, 0.3) is 11.8 Å². The van der Waals surface area contributed by atoms with Crippen molar-refractivity contribution in [2.75, 3.05) is 0 Å². The Morgan fingerprint density at radius 2 is 1.80 bits per heavy atom. The molecule has 1 saturated heterocycles. The van der Waals surface area contributed by atoms with Crippen LogP contribution in [0.25, 0.3) is 6.08 Å². The van der Waals surface area contributed by atoms with E-state index in [0.717, 1.165) is 22.3 Å². The zero-order valence-corrected chi connectivity index (χ0v) is 15.0. The lowest BCUT2D eigenvalue weighted by atomic mass is 10.2. The number of phenols is 1. The van der Waals surface area contributed by atoms with Crippen molar-refractivity contribution in [2.24, 2.45) is 0 Å². The van der Waals surface area contributed by atoms with Crippen LogP contribution in [0, 0.1) is 0 Å². The second-order valence-corrected chi connectivity index (χ2v) is 7.17. The molecule has 1 heterocycles. The van der Waals surface area contributed by atoms with Gasteiger partial charge in [-0.1, -0.05) is 35.5 Å². The lowest BCUT2D eigenvalue weighted by Gasteiger charge is -2.15. The monoisotopic (exact) mass is 390 g/mol. The smallest absolute Gasteiger partial charge is 0.285 e. The summed E-state index contributed by atoms with van der Waals surface area (Å²) < 4.78 is 0.234. The summed E-state index contributed by atoms with van der Waals surface area (Å²) in [7, 11) is 0. The molecule has 3 rings (SSSR count). The van der Waals surface area contributed by atoms with Gasteiger partial charge in [-0.15, -0.1) is 0 Å². The molecule has 0 aliphatic carbocycles. The van der Waals surface area contributed by atoms with Gasteiger partial charge in [0, 0.05) is 10.6 Å². The van der Waals surface area contributed by atoms with Crippen molar-refractivity contribution in [1.82, 2.24) is 10.4 Å². The predicted molar refractivity (Wildman–Crippen MR) is 102 cm³/mol. The Kier molecular flexibility index (Phi) is 5.08.